The first-order chi connectivity index (χ1) is 10.2. The quantitative estimate of drug-likeness (QED) is 0.604. The predicted molar refractivity (Wildman–Crippen MR) is 87.2 cm³/mol. The van der Waals surface area contributed by atoms with Gasteiger partial charge >= 0.3 is 0 Å². The zero-order valence-electron chi connectivity index (χ0n) is 12.8. The van der Waals surface area contributed by atoms with Crippen LogP contribution in [0.4, 0.5) is 0 Å². The van der Waals surface area contributed by atoms with Crippen LogP contribution in [0.15, 0.2) is 48.5 Å². The van der Waals surface area contributed by atoms with Crippen LogP contribution in [0.5, 0.6) is 5.75 Å². The topological polar surface area (TPSA) is 47.3 Å². The fraction of sp³-hybridized carbons (Fsp3) is 0.333. The number of hydrazine groups is 1. The molecule has 0 heterocycles. The second-order valence-corrected chi connectivity index (χ2v) is 5.27. The molecule has 0 fully saturated rings. The average molecular weight is 284 g/mol. The van der Waals surface area contributed by atoms with Gasteiger partial charge in [-0.15, -0.1) is 0 Å². The van der Waals surface area contributed by atoms with Crippen molar-refractivity contribution in [1.29, 1.82) is 0 Å². The molecule has 0 saturated carbocycles. The first-order valence-electron chi connectivity index (χ1n) is 7.47. The van der Waals surface area contributed by atoms with Crippen LogP contribution in [0.3, 0.4) is 0 Å². The van der Waals surface area contributed by atoms with Crippen LogP contribution in [0.2, 0.25) is 0 Å². The van der Waals surface area contributed by atoms with Gasteiger partial charge < -0.3 is 4.74 Å². The lowest BCUT2D eigenvalue weighted by atomic mass is 10.0. The number of ether oxygens (including phenoxy) is 1. The molecular formula is C18H24N2O. The predicted octanol–water partition coefficient (Wildman–Crippen LogP) is 3.53. The van der Waals surface area contributed by atoms with Crippen molar-refractivity contribution in [3.8, 4) is 5.75 Å². The number of rotatable bonds is 7. The van der Waals surface area contributed by atoms with E-state index in [0.29, 0.717) is 6.61 Å². The summed E-state index contributed by atoms with van der Waals surface area (Å²) < 4.78 is 5.79. The van der Waals surface area contributed by atoms with Crippen LogP contribution in [0, 0.1) is 6.92 Å². The van der Waals surface area contributed by atoms with E-state index < -0.39 is 0 Å². The molecule has 21 heavy (non-hydrogen) atoms. The molecule has 3 N–H and O–H groups in total. The molecule has 0 aliphatic carbocycles. The first-order valence-corrected chi connectivity index (χ1v) is 7.47. The molecule has 1 unspecified atom stereocenters. The molecule has 0 aromatic heterocycles. The van der Waals surface area contributed by atoms with Crippen molar-refractivity contribution in [1.82, 2.24) is 5.43 Å². The van der Waals surface area contributed by atoms with Crippen molar-refractivity contribution >= 4 is 0 Å². The minimum absolute atomic E-state index is 0.112. The van der Waals surface area contributed by atoms with E-state index in [-0.39, 0.29) is 6.04 Å². The average Bonchev–Trinajstić information content (AvgIpc) is 2.52. The van der Waals surface area contributed by atoms with Gasteiger partial charge in [-0.2, -0.15) is 0 Å². The molecule has 0 radical (unpaired) electrons. The molecule has 0 bridgehead atoms. The summed E-state index contributed by atoms with van der Waals surface area (Å²) >= 11 is 0. The lowest BCUT2D eigenvalue weighted by Crippen LogP contribution is -2.29. The maximum atomic E-state index is 5.79. The fourth-order valence-corrected chi connectivity index (χ4v) is 2.33. The lowest BCUT2D eigenvalue weighted by Gasteiger charge is -2.17. The van der Waals surface area contributed by atoms with Crippen molar-refractivity contribution in [2.75, 3.05) is 6.61 Å². The zero-order chi connectivity index (χ0) is 15.1. The largest absolute Gasteiger partial charge is 0.494 e. The maximum absolute atomic E-state index is 5.79. The number of hydrogen-bond donors (Lipinski definition) is 2. The molecule has 3 nitrogen and oxygen atoms in total. The van der Waals surface area contributed by atoms with Gasteiger partial charge in [0.25, 0.3) is 0 Å². The Morgan fingerprint density at radius 3 is 2.52 bits per heavy atom. The highest BCUT2D eigenvalue weighted by molar-refractivity contribution is 5.27. The van der Waals surface area contributed by atoms with Crippen LogP contribution in [0.1, 0.15) is 36.1 Å². The molecule has 0 aliphatic heterocycles. The Labute approximate surface area is 127 Å². The second kappa shape index (κ2) is 7.81. The highest BCUT2D eigenvalue weighted by Gasteiger charge is 2.09. The van der Waals surface area contributed by atoms with Gasteiger partial charge in [0, 0.05) is 12.5 Å². The Morgan fingerprint density at radius 1 is 1.14 bits per heavy atom. The summed E-state index contributed by atoms with van der Waals surface area (Å²) in [6.45, 7) is 4.85. The molecule has 0 saturated heterocycles. The third kappa shape index (κ3) is 4.59. The van der Waals surface area contributed by atoms with Gasteiger partial charge in [0.15, 0.2) is 0 Å². The lowest BCUT2D eigenvalue weighted by molar-refractivity contribution is 0.287. The number of hydrogen-bond acceptors (Lipinski definition) is 3. The molecule has 0 aliphatic rings. The molecule has 1 atom stereocenters. The maximum Gasteiger partial charge on any atom is 0.119 e. The summed E-state index contributed by atoms with van der Waals surface area (Å²) in [6, 6.07) is 16.8. The molecule has 0 amide bonds. The van der Waals surface area contributed by atoms with Gasteiger partial charge in [0.2, 0.25) is 0 Å². The summed E-state index contributed by atoms with van der Waals surface area (Å²) in [5.41, 5.74) is 6.61. The van der Waals surface area contributed by atoms with E-state index >= 15 is 0 Å². The summed E-state index contributed by atoms with van der Waals surface area (Å²) in [5.74, 6) is 6.58. The Morgan fingerprint density at radius 2 is 1.90 bits per heavy atom. The van der Waals surface area contributed by atoms with Gasteiger partial charge in [0.1, 0.15) is 5.75 Å². The van der Waals surface area contributed by atoms with E-state index in [4.69, 9.17) is 10.6 Å². The Hall–Kier alpha value is -1.84. The Balaban J connectivity index is 1.90. The SMILES string of the molecule is CCc1ccc(C(CCOc2cccc(C)c2)NN)cc1. The summed E-state index contributed by atoms with van der Waals surface area (Å²) in [5, 5.41) is 0. The molecular weight excluding hydrogens is 260 g/mol. The van der Waals surface area contributed by atoms with Crippen LogP contribution >= 0.6 is 0 Å². The summed E-state index contributed by atoms with van der Waals surface area (Å²) in [6.07, 6.45) is 1.88. The minimum atomic E-state index is 0.112. The summed E-state index contributed by atoms with van der Waals surface area (Å²) in [7, 11) is 0. The van der Waals surface area contributed by atoms with E-state index in [9.17, 15) is 0 Å². The number of nitrogens with two attached hydrogens (primary N) is 1. The van der Waals surface area contributed by atoms with Crippen molar-refractivity contribution in [3.05, 3.63) is 65.2 Å². The molecule has 2 aromatic carbocycles. The number of nitrogens with one attached hydrogen (secondary N) is 1. The highest BCUT2D eigenvalue weighted by atomic mass is 16.5. The van der Waals surface area contributed by atoms with Crippen molar-refractivity contribution in [3.63, 3.8) is 0 Å². The van der Waals surface area contributed by atoms with E-state index in [1.54, 1.807) is 0 Å². The molecule has 3 heteroatoms. The van der Waals surface area contributed by atoms with Gasteiger partial charge in [-0.05, 0) is 42.2 Å². The van der Waals surface area contributed by atoms with Crippen LogP contribution in [-0.4, -0.2) is 6.61 Å². The van der Waals surface area contributed by atoms with Crippen molar-refractivity contribution in [2.45, 2.75) is 32.7 Å². The zero-order valence-corrected chi connectivity index (χ0v) is 12.8. The first kappa shape index (κ1) is 15.5. The van der Waals surface area contributed by atoms with Gasteiger partial charge in [-0.1, -0.05) is 43.3 Å². The Bertz CT molecular complexity index is 551. The summed E-state index contributed by atoms with van der Waals surface area (Å²) in [4.78, 5) is 0. The number of benzene rings is 2. The van der Waals surface area contributed by atoms with Crippen molar-refractivity contribution < 1.29 is 4.74 Å². The van der Waals surface area contributed by atoms with Gasteiger partial charge in [-0.3, -0.25) is 11.3 Å². The molecule has 2 aromatic rings. The third-order valence-corrected chi connectivity index (χ3v) is 3.66. The second-order valence-electron chi connectivity index (χ2n) is 5.27. The van der Waals surface area contributed by atoms with Gasteiger partial charge in [-0.25, -0.2) is 0 Å². The van der Waals surface area contributed by atoms with Crippen molar-refractivity contribution in [2.24, 2.45) is 5.84 Å². The fourth-order valence-electron chi connectivity index (χ4n) is 2.33. The van der Waals surface area contributed by atoms with Gasteiger partial charge in [0.05, 0.1) is 6.61 Å². The molecule has 112 valence electrons. The molecule has 0 spiro atoms. The monoisotopic (exact) mass is 284 g/mol. The van der Waals surface area contributed by atoms with Crippen LogP contribution in [-0.2, 0) is 6.42 Å². The minimum Gasteiger partial charge on any atom is -0.494 e. The van der Waals surface area contributed by atoms with E-state index in [0.717, 1.165) is 18.6 Å². The van der Waals surface area contributed by atoms with Crippen LogP contribution < -0.4 is 16.0 Å². The normalized spacial score (nSPS) is 12.1. The number of aryl methyl sites for hydroxylation is 2. The standard InChI is InChI=1S/C18H24N2O/c1-3-15-7-9-16(10-8-15)18(20-19)11-12-21-17-6-4-5-14(2)13-17/h4-10,13,18,20H,3,11-12,19H2,1-2H3. The van der Waals surface area contributed by atoms with Crippen LogP contribution in [0.25, 0.3) is 0 Å². The van der Waals surface area contributed by atoms with E-state index in [1.807, 2.05) is 18.2 Å². The smallest absolute Gasteiger partial charge is 0.119 e. The molecule has 2 rings (SSSR count). The Kier molecular flexibility index (Phi) is 5.78. The third-order valence-electron chi connectivity index (χ3n) is 3.66. The van der Waals surface area contributed by atoms with E-state index in [2.05, 4.69) is 49.6 Å². The van der Waals surface area contributed by atoms with E-state index in [1.165, 1.54) is 16.7 Å². The highest BCUT2D eigenvalue weighted by Crippen LogP contribution is 2.18.